The number of nitrogens with one attached hydrogen (secondary N) is 1. The van der Waals surface area contributed by atoms with Crippen molar-refractivity contribution in [2.45, 2.75) is 32.9 Å². The van der Waals surface area contributed by atoms with Crippen LogP contribution in [-0.4, -0.2) is 51.3 Å². The molecule has 0 aromatic rings. The summed E-state index contributed by atoms with van der Waals surface area (Å²) in [5.74, 6) is 0.677. The maximum atomic E-state index is 5.23. The summed E-state index contributed by atoms with van der Waals surface area (Å²) >= 11 is 0. The zero-order valence-electron chi connectivity index (χ0n) is 10.5. The van der Waals surface area contributed by atoms with Crippen molar-refractivity contribution in [3.63, 3.8) is 0 Å². The van der Waals surface area contributed by atoms with Gasteiger partial charge in [0.25, 0.3) is 0 Å². The second kappa shape index (κ2) is 7.21. The number of likely N-dealkylation sites (N-methyl/N-ethyl adjacent to an activating group) is 2. The fourth-order valence-corrected chi connectivity index (χ4v) is 1.55. The van der Waals surface area contributed by atoms with Crippen LogP contribution in [-0.2, 0) is 4.74 Å². The Morgan fingerprint density at radius 1 is 1.29 bits per heavy atom. The van der Waals surface area contributed by atoms with Crippen LogP contribution in [0.15, 0.2) is 0 Å². The smallest absolute Gasteiger partial charge is 0.0630 e. The van der Waals surface area contributed by atoms with Crippen LogP contribution in [0.4, 0.5) is 0 Å². The first-order valence-corrected chi connectivity index (χ1v) is 5.40. The molecule has 0 amide bonds. The van der Waals surface area contributed by atoms with Gasteiger partial charge in [-0.15, -0.1) is 0 Å². The number of ether oxygens (including phenoxy) is 1. The molecule has 3 heteroatoms. The van der Waals surface area contributed by atoms with Gasteiger partial charge in [0, 0.05) is 25.7 Å². The molecule has 1 N–H and O–H groups in total. The minimum Gasteiger partial charge on any atom is -0.383 e. The Hall–Kier alpha value is -0.120. The SMILES string of the molecule is CNCC(COC)N(C)C(C)C(C)C. The van der Waals surface area contributed by atoms with Gasteiger partial charge in [-0.25, -0.2) is 0 Å². The molecule has 0 spiro atoms. The Labute approximate surface area is 88.8 Å². The van der Waals surface area contributed by atoms with Gasteiger partial charge in [-0.1, -0.05) is 13.8 Å². The van der Waals surface area contributed by atoms with Crippen molar-refractivity contribution in [3.8, 4) is 0 Å². The van der Waals surface area contributed by atoms with Gasteiger partial charge in [-0.05, 0) is 26.9 Å². The maximum Gasteiger partial charge on any atom is 0.0630 e. The van der Waals surface area contributed by atoms with Gasteiger partial charge in [0.1, 0.15) is 0 Å². The van der Waals surface area contributed by atoms with Crippen molar-refractivity contribution in [1.29, 1.82) is 0 Å². The quantitative estimate of drug-likeness (QED) is 0.671. The lowest BCUT2D eigenvalue weighted by atomic mass is 10.0. The molecule has 14 heavy (non-hydrogen) atoms. The normalized spacial score (nSPS) is 16.3. The number of hydrogen-bond donors (Lipinski definition) is 1. The maximum absolute atomic E-state index is 5.23. The van der Waals surface area contributed by atoms with E-state index in [4.69, 9.17) is 4.74 Å². The van der Waals surface area contributed by atoms with E-state index in [2.05, 4.69) is 38.0 Å². The second-order valence-electron chi connectivity index (χ2n) is 4.32. The number of rotatable bonds is 7. The number of methoxy groups -OCH3 is 1. The molecular weight excluding hydrogens is 176 g/mol. The minimum absolute atomic E-state index is 0.461. The summed E-state index contributed by atoms with van der Waals surface area (Å²) in [5.41, 5.74) is 0. The van der Waals surface area contributed by atoms with Crippen LogP contribution < -0.4 is 5.32 Å². The lowest BCUT2D eigenvalue weighted by molar-refractivity contribution is 0.0713. The average Bonchev–Trinajstić information content (AvgIpc) is 2.15. The molecule has 0 saturated heterocycles. The largest absolute Gasteiger partial charge is 0.383 e. The van der Waals surface area contributed by atoms with E-state index in [1.165, 1.54) is 0 Å². The predicted molar refractivity (Wildman–Crippen MR) is 61.7 cm³/mol. The third-order valence-electron chi connectivity index (χ3n) is 2.98. The summed E-state index contributed by atoms with van der Waals surface area (Å²) < 4.78 is 5.23. The molecule has 0 fully saturated rings. The summed E-state index contributed by atoms with van der Waals surface area (Å²) in [5, 5.41) is 3.21. The van der Waals surface area contributed by atoms with Gasteiger partial charge in [0.15, 0.2) is 0 Å². The van der Waals surface area contributed by atoms with E-state index in [1.807, 2.05) is 7.05 Å². The van der Waals surface area contributed by atoms with Crippen LogP contribution in [0.5, 0.6) is 0 Å². The zero-order valence-corrected chi connectivity index (χ0v) is 10.5. The van der Waals surface area contributed by atoms with Crippen LogP contribution in [0.2, 0.25) is 0 Å². The average molecular weight is 202 g/mol. The molecule has 0 radical (unpaired) electrons. The summed E-state index contributed by atoms with van der Waals surface area (Å²) in [7, 11) is 5.92. The Morgan fingerprint density at radius 2 is 1.86 bits per heavy atom. The van der Waals surface area contributed by atoms with Gasteiger partial charge in [-0.3, -0.25) is 4.90 Å². The highest BCUT2D eigenvalue weighted by molar-refractivity contribution is 4.76. The van der Waals surface area contributed by atoms with Gasteiger partial charge in [0.05, 0.1) is 6.61 Å². The lowest BCUT2D eigenvalue weighted by Crippen LogP contribution is -2.48. The van der Waals surface area contributed by atoms with Crippen LogP contribution in [0, 0.1) is 5.92 Å². The van der Waals surface area contributed by atoms with E-state index in [0.29, 0.717) is 18.0 Å². The van der Waals surface area contributed by atoms with E-state index < -0.39 is 0 Å². The van der Waals surface area contributed by atoms with Crippen molar-refractivity contribution < 1.29 is 4.74 Å². The molecule has 0 heterocycles. The van der Waals surface area contributed by atoms with E-state index in [1.54, 1.807) is 7.11 Å². The summed E-state index contributed by atoms with van der Waals surface area (Å²) in [4.78, 5) is 2.39. The summed E-state index contributed by atoms with van der Waals surface area (Å²) in [6, 6.07) is 1.05. The first kappa shape index (κ1) is 13.9. The zero-order chi connectivity index (χ0) is 11.1. The van der Waals surface area contributed by atoms with Gasteiger partial charge in [-0.2, -0.15) is 0 Å². The van der Waals surface area contributed by atoms with E-state index in [0.717, 1.165) is 13.2 Å². The molecule has 0 aliphatic carbocycles. The number of nitrogens with zero attached hydrogens (tertiary/aromatic N) is 1. The molecule has 0 saturated carbocycles. The fraction of sp³-hybridized carbons (Fsp3) is 1.00. The van der Waals surface area contributed by atoms with Gasteiger partial charge >= 0.3 is 0 Å². The lowest BCUT2D eigenvalue weighted by Gasteiger charge is -2.34. The molecular formula is C11H26N2O. The van der Waals surface area contributed by atoms with Crippen molar-refractivity contribution in [1.82, 2.24) is 10.2 Å². The minimum atomic E-state index is 0.461. The number of hydrogen-bond acceptors (Lipinski definition) is 3. The highest BCUT2D eigenvalue weighted by Crippen LogP contribution is 2.11. The molecule has 0 aromatic carbocycles. The second-order valence-corrected chi connectivity index (χ2v) is 4.32. The Bertz CT molecular complexity index is 133. The van der Waals surface area contributed by atoms with Crippen LogP contribution in [0.3, 0.4) is 0 Å². The summed E-state index contributed by atoms with van der Waals surface area (Å²) in [6.45, 7) is 8.54. The molecule has 0 bridgehead atoms. The highest BCUT2D eigenvalue weighted by atomic mass is 16.5. The van der Waals surface area contributed by atoms with Crippen molar-refractivity contribution in [2.75, 3.05) is 34.4 Å². The molecule has 0 rings (SSSR count). The first-order valence-electron chi connectivity index (χ1n) is 5.40. The highest BCUT2D eigenvalue weighted by Gasteiger charge is 2.20. The molecule has 2 atom stereocenters. The van der Waals surface area contributed by atoms with Gasteiger partial charge in [0.2, 0.25) is 0 Å². The third-order valence-corrected chi connectivity index (χ3v) is 2.98. The Balaban J connectivity index is 4.18. The van der Waals surface area contributed by atoms with Crippen molar-refractivity contribution >= 4 is 0 Å². The molecule has 0 aliphatic heterocycles. The standard InChI is InChI=1S/C11H26N2O/c1-9(2)10(3)13(5)11(7-12-4)8-14-6/h9-12H,7-8H2,1-6H3. The fourth-order valence-electron chi connectivity index (χ4n) is 1.55. The Morgan fingerprint density at radius 3 is 2.21 bits per heavy atom. The topological polar surface area (TPSA) is 24.5 Å². The van der Waals surface area contributed by atoms with Crippen LogP contribution in [0.25, 0.3) is 0 Å². The predicted octanol–water partition coefficient (Wildman–Crippen LogP) is 1.20. The van der Waals surface area contributed by atoms with Gasteiger partial charge < -0.3 is 10.1 Å². The molecule has 3 nitrogen and oxygen atoms in total. The molecule has 0 aliphatic rings. The van der Waals surface area contributed by atoms with E-state index in [9.17, 15) is 0 Å². The monoisotopic (exact) mass is 202 g/mol. The first-order chi connectivity index (χ1) is 6.54. The van der Waals surface area contributed by atoms with E-state index >= 15 is 0 Å². The van der Waals surface area contributed by atoms with Crippen molar-refractivity contribution in [3.05, 3.63) is 0 Å². The summed E-state index contributed by atoms with van der Waals surface area (Å²) in [6.07, 6.45) is 0. The van der Waals surface area contributed by atoms with Crippen molar-refractivity contribution in [2.24, 2.45) is 5.92 Å². The van der Waals surface area contributed by atoms with Crippen LogP contribution in [0.1, 0.15) is 20.8 Å². The third kappa shape index (κ3) is 4.40. The molecule has 0 aromatic heterocycles. The molecule has 86 valence electrons. The Kier molecular flexibility index (Phi) is 7.15. The van der Waals surface area contributed by atoms with E-state index in [-0.39, 0.29) is 0 Å². The van der Waals surface area contributed by atoms with Crippen LogP contribution >= 0.6 is 0 Å². The molecule has 2 unspecified atom stereocenters.